The van der Waals surface area contributed by atoms with Gasteiger partial charge in [-0.05, 0) is 24.3 Å². The van der Waals surface area contributed by atoms with E-state index in [9.17, 15) is 28.4 Å². The Hall–Kier alpha value is -4.58. The van der Waals surface area contributed by atoms with Crippen LogP contribution in [0.4, 0.5) is 4.39 Å². The van der Waals surface area contributed by atoms with Crippen LogP contribution in [0.25, 0.3) is 0 Å². The van der Waals surface area contributed by atoms with Gasteiger partial charge in [0.05, 0.1) is 17.3 Å². The molecule has 1 aliphatic rings. The molecule has 1 fully saturated rings. The van der Waals surface area contributed by atoms with E-state index in [1.165, 1.54) is 24.3 Å². The Bertz CT molecular complexity index is 1400. The summed E-state index contributed by atoms with van der Waals surface area (Å²) in [5.74, 6) is -3.65. The summed E-state index contributed by atoms with van der Waals surface area (Å²) in [7, 11) is 0. The van der Waals surface area contributed by atoms with Crippen molar-refractivity contribution in [2.24, 2.45) is 0 Å². The van der Waals surface area contributed by atoms with Gasteiger partial charge in [-0.1, -0.05) is 36.4 Å². The monoisotopic (exact) mass is 512 g/mol. The van der Waals surface area contributed by atoms with E-state index in [0.717, 1.165) is 6.92 Å². The molecule has 0 aliphatic carbocycles. The molecule has 4 atom stereocenters. The molecule has 4 rings (SSSR count). The molecule has 11 nitrogen and oxygen atoms in total. The molecule has 192 valence electrons. The predicted molar refractivity (Wildman–Crippen MR) is 123 cm³/mol. The first kappa shape index (κ1) is 25.5. The Balaban J connectivity index is 1.68. The number of aromatic amines is 1. The highest BCUT2D eigenvalue weighted by atomic mass is 19.1. The first-order valence-electron chi connectivity index (χ1n) is 11.1. The quantitative estimate of drug-likeness (QED) is 0.369. The molecular formula is C25H21FN2O9. The van der Waals surface area contributed by atoms with Crippen LogP contribution in [0.2, 0.25) is 0 Å². The number of carbonyl (C=O) groups excluding carboxylic acids is 3. The summed E-state index contributed by atoms with van der Waals surface area (Å²) in [6.45, 7) is 0.599. The predicted octanol–water partition coefficient (Wildman–Crippen LogP) is 1.59. The van der Waals surface area contributed by atoms with Crippen LogP contribution in [0, 0.1) is 5.82 Å². The van der Waals surface area contributed by atoms with Gasteiger partial charge in [-0.15, -0.1) is 0 Å². The maximum atomic E-state index is 14.0. The summed E-state index contributed by atoms with van der Waals surface area (Å²) in [6, 6.07) is 15.9. The summed E-state index contributed by atoms with van der Waals surface area (Å²) in [6.07, 6.45) is -5.04. The first-order chi connectivity index (χ1) is 17.7. The van der Waals surface area contributed by atoms with Gasteiger partial charge in [-0.2, -0.15) is 4.39 Å². The zero-order valence-corrected chi connectivity index (χ0v) is 19.4. The highest BCUT2D eigenvalue weighted by Gasteiger charge is 2.51. The highest BCUT2D eigenvalue weighted by Crippen LogP contribution is 2.34. The normalized spacial score (nSPS) is 20.7. The van der Waals surface area contributed by atoms with Gasteiger partial charge in [0.15, 0.2) is 18.4 Å². The molecule has 0 saturated carbocycles. The molecule has 3 aromatic rings. The van der Waals surface area contributed by atoms with Crippen molar-refractivity contribution < 1.29 is 37.7 Å². The number of carbonyl (C=O) groups is 3. The third-order valence-electron chi connectivity index (χ3n) is 5.43. The van der Waals surface area contributed by atoms with E-state index < -0.39 is 66.1 Å². The molecule has 37 heavy (non-hydrogen) atoms. The Labute approximate surface area is 208 Å². The van der Waals surface area contributed by atoms with Crippen LogP contribution in [-0.2, 0) is 23.7 Å². The summed E-state index contributed by atoms with van der Waals surface area (Å²) in [5, 5.41) is 0. The maximum absolute atomic E-state index is 14.0. The average molecular weight is 512 g/mol. The van der Waals surface area contributed by atoms with Crippen molar-refractivity contribution in [1.29, 1.82) is 0 Å². The fraction of sp³-hybridized carbons (Fsp3) is 0.240. The van der Waals surface area contributed by atoms with Gasteiger partial charge in [0.25, 0.3) is 5.56 Å². The number of hydrogen-bond acceptors (Lipinski definition) is 9. The Morgan fingerprint density at radius 2 is 1.51 bits per heavy atom. The lowest BCUT2D eigenvalue weighted by Gasteiger charge is -2.24. The minimum Gasteiger partial charge on any atom is -0.459 e. The summed E-state index contributed by atoms with van der Waals surface area (Å²) >= 11 is 0. The van der Waals surface area contributed by atoms with E-state index in [0.29, 0.717) is 10.8 Å². The Morgan fingerprint density at radius 1 is 0.919 bits per heavy atom. The van der Waals surface area contributed by atoms with Crippen molar-refractivity contribution in [3.05, 3.63) is 105 Å². The van der Waals surface area contributed by atoms with Crippen LogP contribution >= 0.6 is 0 Å². The molecule has 1 aliphatic heterocycles. The number of rotatable bonds is 7. The van der Waals surface area contributed by atoms with E-state index in [1.807, 2.05) is 0 Å². The smallest absolute Gasteiger partial charge is 0.338 e. The van der Waals surface area contributed by atoms with Crippen molar-refractivity contribution >= 4 is 17.9 Å². The van der Waals surface area contributed by atoms with Gasteiger partial charge in [-0.25, -0.2) is 14.4 Å². The van der Waals surface area contributed by atoms with E-state index in [-0.39, 0.29) is 11.1 Å². The molecule has 12 heteroatoms. The van der Waals surface area contributed by atoms with Crippen molar-refractivity contribution in [3.63, 3.8) is 0 Å². The number of esters is 3. The van der Waals surface area contributed by atoms with Crippen LogP contribution < -0.4 is 11.2 Å². The third-order valence-corrected chi connectivity index (χ3v) is 5.43. The van der Waals surface area contributed by atoms with Gasteiger partial charge in [0.2, 0.25) is 5.82 Å². The molecule has 0 bridgehead atoms. The van der Waals surface area contributed by atoms with Gasteiger partial charge >= 0.3 is 23.6 Å². The fourth-order valence-corrected chi connectivity index (χ4v) is 3.76. The second-order valence-corrected chi connectivity index (χ2v) is 7.98. The third kappa shape index (κ3) is 5.81. The van der Waals surface area contributed by atoms with Crippen molar-refractivity contribution in [3.8, 4) is 0 Å². The summed E-state index contributed by atoms with van der Waals surface area (Å²) < 4.78 is 36.8. The van der Waals surface area contributed by atoms with E-state index >= 15 is 0 Å². The SMILES string of the molecule is CC(=O)O[C@@H]1[C@@H](OC(=O)c2ccccc2)[C@H](COC(=O)c2ccccc2)O[C@@H]1n1cc(F)c(=O)[nH]c1=O. The molecule has 0 spiro atoms. The van der Waals surface area contributed by atoms with Crippen LogP contribution in [0.15, 0.2) is 76.4 Å². The number of nitrogens with one attached hydrogen (secondary N) is 1. The second-order valence-electron chi connectivity index (χ2n) is 7.98. The lowest BCUT2D eigenvalue weighted by molar-refractivity contribution is -0.156. The average Bonchev–Trinajstić information content (AvgIpc) is 3.21. The lowest BCUT2D eigenvalue weighted by atomic mass is 10.1. The standard InChI is InChI=1S/C25H21FN2O9/c1-14(29)35-20-19(37-24(32)16-10-6-3-7-11-16)18(13-34-23(31)15-8-4-2-5-9-15)36-22(20)28-12-17(26)21(30)27-25(28)33/h2-12,18-20,22H,13H2,1H3,(H,27,30,33)/t18-,19-,20+,22-/m0/s1. The summed E-state index contributed by atoms with van der Waals surface area (Å²) in [4.78, 5) is 63.0. The van der Waals surface area contributed by atoms with Crippen molar-refractivity contribution in [2.75, 3.05) is 6.61 Å². The molecular weight excluding hydrogens is 491 g/mol. The minimum atomic E-state index is -1.53. The molecule has 1 aromatic heterocycles. The summed E-state index contributed by atoms with van der Waals surface area (Å²) in [5.41, 5.74) is -1.92. The van der Waals surface area contributed by atoms with Crippen LogP contribution in [0.1, 0.15) is 33.9 Å². The minimum absolute atomic E-state index is 0.166. The molecule has 2 heterocycles. The zero-order chi connectivity index (χ0) is 26.5. The van der Waals surface area contributed by atoms with Crippen LogP contribution in [-0.4, -0.2) is 52.4 Å². The molecule has 1 N–H and O–H groups in total. The van der Waals surface area contributed by atoms with E-state index in [4.69, 9.17) is 18.9 Å². The number of halogens is 1. The lowest BCUT2D eigenvalue weighted by Crippen LogP contribution is -2.43. The number of benzene rings is 2. The van der Waals surface area contributed by atoms with E-state index in [2.05, 4.69) is 0 Å². The molecule has 2 aromatic carbocycles. The van der Waals surface area contributed by atoms with Gasteiger partial charge < -0.3 is 18.9 Å². The number of H-pyrrole nitrogens is 1. The maximum Gasteiger partial charge on any atom is 0.338 e. The van der Waals surface area contributed by atoms with Gasteiger partial charge in [0, 0.05) is 6.92 Å². The second kappa shape index (κ2) is 11.0. The molecule has 0 radical (unpaired) electrons. The van der Waals surface area contributed by atoms with Gasteiger partial charge in [0.1, 0.15) is 12.7 Å². The fourth-order valence-electron chi connectivity index (χ4n) is 3.76. The number of hydrogen-bond donors (Lipinski definition) is 1. The highest BCUT2D eigenvalue weighted by molar-refractivity contribution is 5.90. The van der Waals surface area contributed by atoms with Crippen LogP contribution in [0.5, 0.6) is 0 Å². The largest absolute Gasteiger partial charge is 0.459 e. The van der Waals surface area contributed by atoms with Gasteiger partial charge in [-0.3, -0.25) is 19.1 Å². The van der Waals surface area contributed by atoms with Crippen molar-refractivity contribution in [1.82, 2.24) is 9.55 Å². The zero-order valence-electron chi connectivity index (χ0n) is 19.4. The Kier molecular flexibility index (Phi) is 7.58. The first-order valence-corrected chi connectivity index (χ1v) is 11.1. The molecule has 0 amide bonds. The van der Waals surface area contributed by atoms with Crippen molar-refractivity contribution in [2.45, 2.75) is 31.5 Å². The van der Waals surface area contributed by atoms with E-state index in [1.54, 1.807) is 41.4 Å². The molecule has 1 saturated heterocycles. The topological polar surface area (TPSA) is 143 Å². The molecule has 0 unspecified atom stereocenters. The van der Waals surface area contributed by atoms with Crippen LogP contribution in [0.3, 0.4) is 0 Å². The number of aromatic nitrogens is 2. The Morgan fingerprint density at radius 3 is 2.11 bits per heavy atom. The number of ether oxygens (including phenoxy) is 4. The number of nitrogens with zero attached hydrogens (tertiary/aromatic N) is 1.